The molecule has 0 unspecified atom stereocenters. The van der Waals surface area contributed by atoms with Crippen molar-refractivity contribution in [1.29, 1.82) is 0 Å². The Kier molecular flexibility index (Phi) is 5.53. The van der Waals surface area contributed by atoms with Gasteiger partial charge in [0, 0.05) is 19.5 Å². The van der Waals surface area contributed by atoms with Crippen molar-refractivity contribution in [2.45, 2.75) is 38.1 Å². The SMILES string of the molecule is O=C1C[C@H]2[C@H](CCN2C(=O)OCCF)N1Cc1ccc(OC(F)F)cc1. The second-order valence-electron chi connectivity index (χ2n) is 6.17. The Morgan fingerprint density at radius 3 is 2.62 bits per heavy atom. The number of likely N-dealkylation sites (tertiary alicyclic amines) is 2. The van der Waals surface area contributed by atoms with Crippen LogP contribution >= 0.6 is 0 Å². The Morgan fingerprint density at radius 2 is 1.96 bits per heavy atom. The van der Waals surface area contributed by atoms with Gasteiger partial charge in [-0.3, -0.25) is 4.79 Å². The van der Waals surface area contributed by atoms with Crippen LogP contribution in [0.4, 0.5) is 18.0 Å². The van der Waals surface area contributed by atoms with Crippen molar-refractivity contribution in [1.82, 2.24) is 9.80 Å². The van der Waals surface area contributed by atoms with Gasteiger partial charge >= 0.3 is 12.7 Å². The van der Waals surface area contributed by atoms with E-state index < -0.39 is 19.4 Å². The predicted molar refractivity (Wildman–Crippen MR) is 84.5 cm³/mol. The number of fused-ring (bicyclic) bond motifs is 1. The zero-order valence-electron chi connectivity index (χ0n) is 13.9. The molecule has 2 amide bonds. The summed E-state index contributed by atoms with van der Waals surface area (Å²) in [5, 5.41) is 0. The molecule has 2 aliphatic rings. The molecule has 6 nitrogen and oxygen atoms in total. The summed E-state index contributed by atoms with van der Waals surface area (Å²) in [6.07, 6.45) is 0.216. The van der Waals surface area contributed by atoms with E-state index >= 15 is 0 Å². The molecule has 2 heterocycles. The maximum atomic E-state index is 12.4. The van der Waals surface area contributed by atoms with Gasteiger partial charge in [-0.05, 0) is 24.1 Å². The number of carbonyl (C=O) groups is 2. The van der Waals surface area contributed by atoms with Crippen LogP contribution in [-0.4, -0.2) is 60.3 Å². The number of hydrogen-bond donors (Lipinski definition) is 0. The summed E-state index contributed by atoms with van der Waals surface area (Å²) in [5.41, 5.74) is 0.777. The zero-order valence-corrected chi connectivity index (χ0v) is 13.9. The fourth-order valence-corrected chi connectivity index (χ4v) is 3.54. The molecule has 0 spiro atoms. The number of hydrogen-bond acceptors (Lipinski definition) is 4. The zero-order chi connectivity index (χ0) is 18.7. The van der Waals surface area contributed by atoms with Crippen molar-refractivity contribution >= 4 is 12.0 Å². The van der Waals surface area contributed by atoms with Gasteiger partial charge in [0.15, 0.2) is 0 Å². The van der Waals surface area contributed by atoms with Crippen LogP contribution in [0.15, 0.2) is 24.3 Å². The molecule has 2 fully saturated rings. The molecule has 26 heavy (non-hydrogen) atoms. The van der Waals surface area contributed by atoms with Gasteiger partial charge in [0.2, 0.25) is 5.91 Å². The van der Waals surface area contributed by atoms with E-state index in [2.05, 4.69) is 4.74 Å². The highest BCUT2D eigenvalue weighted by atomic mass is 19.3. The normalized spacial score (nSPS) is 22.1. The van der Waals surface area contributed by atoms with Gasteiger partial charge in [-0.25, -0.2) is 9.18 Å². The van der Waals surface area contributed by atoms with Crippen LogP contribution < -0.4 is 4.74 Å². The number of carbonyl (C=O) groups excluding carboxylic acids is 2. The molecule has 1 aromatic carbocycles. The molecule has 1 aromatic rings. The summed E-state index contributed by atoms with van der Waals surface area (Å²) in [6, 6.07) is 5.69. The van der Waals surface area contributed by atoms with Crippen molar-refractivity contribution in [3.63, 3.8) is 0 Å². The molecule has 0 radical (unpaired) electrons. The molecule has 0 saturated carbocycles. The number of halogens is 3. The Bertz CT molecular complexity index is 656. The van der Waals surface area contributed by atoms with Gasteiger partial charge in [0.25, 0.3) is 0 Å². The Labute approximate surface area is 148 Å². The number of ether oxygens (including phenoxy) is 2. The van der Waals surface area contributed by atoms with Crippen molar-refractivity contribution in [2.75, 3.05) is 19.8 Å². The van der Waals surface area contributed by atoms with Crippen LogP contribution in [0.3, 0.4) is 0 Å². The average Bonchev–Trinajstić information content (AvgIpc) is 3.14. The van der Waals surface area contributed by atoms with Crippen LogP contribution in [0.25, 0.3) is 0 Å². The first kappa shape index (κ1) is 18.3. The standard InChI is InChI=1S/C17H19F3N2O4/c18-6-8-25-17(24)21-7-5-13-14(21)9-15(23)22(13)10-11-1-3-12(4-2-11)26-16(19)20/h1-4,13-14,16H,5-10H2/t13-,14-/m0/s1. The third-order valence-corrected chi connectivity index (χ3v) is 4.65. The smallest absolute Gasteiger partial charge is 0.410 e. The molecule has 0 bridgehead atoms. The van der Waals surface area contributed by atoms with E-state index in [1.807, 2.05) is 0 Å². The second-order valence-corrected chi connectivity index (χ2v) is 6.17. The molecule has 142 valence electrons. The van der Waals surface area contributed by atoms with Gasteiger partial charge < -0.3 is 19.3 Å². The van der Waals surface area contributed by atoms with Crippen LogP contribution in [0.2, 0.25) is 0 Å². The van der Waals surface area contributed by atoms with Crippen molar-refractivity contribution < 1.29 is 32.2 Å². The molecule has 0 aliphatic carbocycles. The first-order valence-electron chi connectivity index (χ1n) is 8.32. The van der Waals surface area contributed by atoms with Crippen molar-refractivity contribution in [2.24, 2.45) is 0 Å². The van der Waals surface area contributed by atoms with Crippen LogP contribution in [-0.2, 0) is 16.1 Å². The fourth-order valence-electron chi connectivity index (χ4n) is 3.54. The number of amides is 2. The van der Waals surface area contributed by atoms with E-state index in [9.17, 15) is 22.8 Å². The number of rotatable bonds is 6. The van der Waals surface area contributed by atoms with Gasteiger partial charge in [-0.15, -0.1) is 0 Å². The molecular formula is C17H19F3N2O4. The Balaban J connectivity index is 1.63. The lowest BCUT2D eigenvalue weighted by Crippen LogP contribution is -2.40. The van der Waals surface area contributed by atoms with E-state index in [0.717, 1.165) is 5.56 Å². The molecule has 0 N–H and O–H groups in total. The first-order valence-corrected chi connectivity index (χ1v) is 8.32. The van der Waals surface area contributed by atoms with Crippen molar-refractivity contribution in [3.8, 4) is 5.75 Å². The minimum atomic E-state index is -2.89. The molecule has 3 rings (SSSR count). The summed E-state index contributed by atoms with van der Waals surface area (Å²) in [6.45, 7) is -3.15. The Hall–Kier alpha value is -2.45. The second kappa shape index (κ2) is 7.84. The molecule has 2 atom stereocenters. The highest BCUT2D eigenvalue weighted by Crippen LogP contribution is 2.34. The van der Waals surface area contributed by atoms with Gasteiger partial charge in [0.1, 0.15) is 19.0 Å². The maximum absolute atomic E-state index is 12.4. The van der Waals surface area contributed by atoms with Crippen LogP contribution in [0.5, 0.6) is 5.75 Å². The van der Waals surface area contributed by atoms with E-state index in [0.29, 0.717) is 19.5 Å². The lowest BCUT2D eigenvalue weighted by Gasteiger charge is -2.25. The minimum absolute atomic E-state index is 0.0528. The molecule has 2 saturated heterocycles. The molecule has 0 aromatic heterocycles. The highest BCUT2D eigenvalue weighted by molar-refractivity contribution is 5.82. The fraction of sp³-hybridized carbons (Fsp3) is 0.529. The monoisotopic (exact) mass is 372 g/mol. The minimum Gasteiger partial charge on any atom is -0.447 e. The Morgan fingerprint density at radius 1 is 1.23 bits per heavy atom. The lowest BCUT2D eigenvalue weighted by molar-refractivity contribution is -0.129. The van der Waals surface area contributed by atoms with Gasteiger partial charge in [-0.1, -0.05) is 12.1 Å². The van der Waals surface area contributed by atoms with E-state index in [1.54, 1.807) is 17.0 Å². The average molecular weight is 372 g/mol. The molecule has 9 heteroatoms. The van der Waals surface area contributed by atoms with Crippen LogP contribution in [0.1, 0.15) is 18.4 Å². The summed E-state index contributed by atoms with van der Waals surface area (Å²) in [5.74, 6) is -0.0343. The third kappa shape index (κ3) is 3.86. The van der Waals surface area contributed by atoms with E-state index in [-0.39, 0.29) is 36.8 Å². The summed E-state index contributed by atoms with van der Waals surface area (Å²) < 4.78 is 45.7. The van der Waals surface area contributed by atoms with Gasteiger partial charge in [-0.2, -0.15) is 8.78 Å². The quantitative estimate of drug-likeness (QED) is 0.770. The number of nitrogens with zero attached hydrogens (tertiary/aromatic N) is 2. The first-order chi connectivity index (χ1) is 12.5. The number of alkyl halides is 3. The van der Waals surface area contributed by atoms with Crippen LogP contribution in [0, 0.1) is 0 Å². The largest absolute Gasteiger partial charge is 0.447 e. The molecule has 2 aliphatic heterocycles. The van der Waals surface area contributed by atoms with E-state index in [4.69, 9.17) is 4.74 Å². The van der Waals surface area contributed by atoms with E-state index in [1.165, 1.54) is 17.0 Å². The summed E-state index contributed by atoms with van der Waals surface area (Å²) in [7, 11) is 0. The predicted octanol–water partition coefficient (Wildman–Crippen LogP) is 2.57. The topological polar surface area (TPSA) is 59.1 Å². The maximum Gasteiger partial charge on any atom is 0.410 e. The van der Waals surface area contributed by atoms with Gasteiger partial charge in [0.05, 0.1) is 12.1 Å². The summed E-state index contributed by atoms with van der Waals surface area (Å²) >= 11 is 0. The number of benzene rings is 1. The van der Waals surface area contributed by atoms with Crippen molar-refractivity contribution in [3.05, 3.63) is 29.8 Å². The summed E-state index contributed by atoms with van der Waals surface area (Å²) in [4.78, 5) is 27.5. The lowest BCUT2D eigenvalue weighted by atomic mass is 10.1. The third-order valence-electron chi connectivity index (χ3n) is 4.65. The highest BCUT2D eigenvalue weighted by Gasteiger charge is 2.48. The molecular weight excluding hydrogens is 353 g/mol.